The van der Waals surface area contributed by atoms with E-state index in [1.54, 1.807) is 31.4 Å². The summed E-state index contributed by atoms with van der Waals surface area (Å²) in [6, 6.07) is 26.1. The number of unbranched alkanes of at least 4 members (excludes halogenated alkanes) is 1. The number of carbonyl (C=O) groups excluding carboxylic acids is 3. The van der Waals surface area contributed by atoms with Crippen molar-refractivity contribution in [2.75, 3.05) is 26.7 Å². The Morgan fingerprint density at radius 2 is 1.50 bits per heavy atom. The van der Waals surface area contributed by atoms with Crippen LogP contribution in [0.25, 0.3) is 0 Å². The third kappa shape index (κ3) is 9.65. The zero-order valence-electron chi connectivity index (χ0n) is 24.3. The van der Waals surface area contributed by atoms with Gasteiger partial charge in [0.25, 0.3) is 5.91 Å². The predicted molar refractivity (Wildman–Crippen MR) is 162 cm³/mol. The molecule has 0 spiro atoms. The molecule has 0 saturated carbocycles. The van der Waals surface area contributed by atoms with Crippen molar-refractivity contribution in [1.29, 1.82) is 0 Å². The zero-order valence-corrected chi connectivity index (χ0v) is 24.3. The maximum atomic E-state index is 13.6. The molecule has 1 heterocycles. The van der Waals surface area contributed by atoms with Crippen LogP contribution in [0.3, 0.4) is 0 Å². The molecule has 0 aliphatic carbocycles. The third-order valence-corrected chi connectivity index (χ3v) is 7.65. The Kier molecular flexibility index (Phi) is 11.8. The fourth-order valence-corrected chi connectivity index (χ4v) is 5.21. The standard InChI is InChI=1S/C34H41N3O5/c1-41-30-17-15-29(16-18-30)32(38)35-21-9-8-14-31(36-34(40)42-25-28-12-6-3-7-13-28)33(39)37-22-19-27(20-23-37)24-26-10-4-2-5-11-26/h2-7,10-13,15-18,27,31H,8-9,14,19-25H2,1H3,(H,35,38)(H,36,40). The van der Waals surface area contributed by atoms with Gasteiger partial charge in [0.05, 0.1) is 7.11 Å². The van der Waals surface area contributed by atoms with Gasteiger partial charge in [-0.1, -0.05) is 60.7 Å². The first-order valence-electron chi connectivity index (χ1n) is 14.7. The number of carbonyl (C=O) groups is 3. The van der Waals surface area contributed by atoms with Gasteiger partial charge in [-0.25, -0.2) is 4.79 Å². The van der Waals surface area contributed by atoms with E-state index in [-0.39, 0.29) is 18.4 Å². The minimum absolute atomic E-state index is 0.0768. The van der Waals surface area contributed by atoms with Gasteiger partial charge in [-0.2, -0.15) is 0 Å². The first-order valence-corrected chi connectivity index (χ1v) is 14.7. The Morgan fingerprint density at radius 3 is 2.14 bits per heavy atom. The minimum atomic E-state index is -0.684. The van der Waals surface area contributed by atoms with Gasteiger partial charge in [-0.3, -0.25) is 9.59 Å². The van der Waals surface area contributed by atoms with E-state index in [2.05, 4.69) is 34.9 Å². The van der Waals surface area contributed by atoms with Crippen LogP contribution in [0.5, 0.6) is 5.75 Å². The van der Waals surface area contributed by atoms with Gasteiger partial charge >= 0.3 is 6.09 Å². The van der Waals surface area contributed by atoms with Gasteiger partial charge in [0, 0.05) is 25.2 Å². The molecule has 222 valence electrons. The molecule has 8 heteroatoms. The quantitative estimate of drug-likeness (QED) is 0.269. The molecular formula is C34H41N3O5. The van der Waals surface area contributed by atoms with Crippen LogP contribution in [-0.2, 0) is 22.6 Å². The summed E-state index contributed by atoms with van der Waals surface area (Å²) >= 11 is 0. The molecule has 0 aromatic heterocycles. The van der Waals surface area contributed by atoms with Crippen molar-refractivity contribution in [1.82, 2.24) is 15.5 Å². The summed E-state index contributed by atoms with van der Waals surface area (Å²) < 4.78 is 10.6. The Hall–Kier alpha value is -4.33. The Morgan fingerprint density at radius 1 is 0.857 bits per heavy atom. The molecule has 0 bridgehead atoms. The molecule has 3 aromatic carbocycles. The minimum Gasteiger partial charge on any atom is -0.497 e. The molecule has 1 unspecified atom stereocenters. The lowest BCUT2D eigenvalue weighted by Crippen LogP contribution is -2.51. The highest BCUT2D eigenvalue weighted by Crippen LogP contribution is 2.23. The molecule has 3 amide bonds. The van der Waals surface area contributed by atoms with E-state index in [0.29, 0.717) is 56.1 Å². The highest BCUT2D eigenvalue weighted by molar-refractivity contribution is 5.94. The first kappa shape index (κ1) is 30.6. The molecular weight excluding hydrogens is 530 g/mol. The maximum Gasteiger partial charge on any atom is 0.408 e. The monoisotopic (exact) mass is 571 g/mol. The predicted octanol–water partition coefficient (Wildman–Crippen LogP) is 5.37. The second-order valence-electron chi connectivity index (χ2n) is 10.7. The van der Waals surface area contributed by atoms with Crippen molar-refractivity contribution in [3.63, 3.8) is 0 Å². The SMILES string of the molecule is COc1ccc(C(=O)NCCCCC(NC(=O)OCc2ccccc2)C(=O)N2CCC(Cc3ccccc3)CC2)cc1. The number of nitrogens with zero attached hydrogens (tertiary/aromatic N) is 1. The van der Waals surface area contributed by atoms with Crippen LogP contribution in [0.15, 0.2) is 84.9 Å². The number of nitrogens with one attached hydrogen (secondary N) is 2. The van der Waals surface area contributed by atoms with Crippen LogP contribution in [0.4, 0.5) is 4.79 Å². The van der Waals surface area contributed by atoms with Crippen LogP contribution in [-0.4, -0.2) is 55.6 Å². The fraction of sp³-hybridized carbons (Fsp3) is 0.382. The summed E-state index contributed by atoms with van der Waals surface area (Å²) in [7, 11) is 1.58. The second-order valence-corrected chi connectivity index (χ2v) is 10.7. The topological polar surface area (TPSA) is 97.0 Å². The number of amides is 3. The molecule has 2 N–H and O–H groups in total. The van der Waals surface area contributed by atoms with Crippen molar-refractivity contribution in [2.24, 2.45) is 5.92 Å². The van der Waals surface area contributed by atoms with Crippen molar-refractivity contribution in [3.05, 3.63) is 102 Å². The molecule has 1 aliphatic heterocycles. The smallest absolute Gasteiger partial charge is 0.408 e. The lowest BCUT2D eigenvalue weighted by molar-refractivity contribution is -0.135. The highest BCUT2D eigenvalue weighted by atomic mass is 16.5. The summed E-state index contributed by atoms with van der Waals surface area (Å²) in [5.74, 6) is 0.990. The fourth-order valence-electron chi connectivity index (χ4n) is 5.21. The number of alkyl carbamates (subject to hydrolysis) is 1. The number of hydrogen-bond acceptors (Lipinski definition) is 5. The molecule has 42 heavy (non-hydrogen) atoms. The average Bonchev–Trinajstić information content (AvgIpc) is 3.04. The lowest BCUT2D eigenvalue weighted by Gasteiger charge is -2.34. The molecule has 1 aliphatic rings. The van der Waals surface area contributed by atoms with E-state index in [0.717, 1.165) is 24.8 Å². The summed E-state index contributed by atoms with van der Waals surface area (Å²) in [5.41, 5.74) is 2.76. The molecule has 0 radical (unpaired) electrons. The summed E-state index contributed by atoms with van der Waals surface area (Å²) in [6.45, 7) is 1.95. The van der Waals surface area contributed by atoms with E-state index < -0.39 is 12.1 Å². The largest absolute Gasteiger partial charge is 0.497 e. The summed E-state index contributed by atoms with van der Waals surface area (Å²) in [5, 5.41) is 5.74. The lowest BCUT2D eigenvalue weighted by atomic mass is 9.90. The molecule has 1 saturated heterocycles. The van der Waals surface area contributed by atoms with Crippen LogP contribution >= 0.6 is 0 Å². The molecule has 4 rings (SSSR count). The molecule has 1 atom stereocenters. The van der Waals surface area contributed by atoms with Gasteiger partial charge in [0.1, 0.15) is 18.4 Å². The number of likely N-dealkylation sites (tertiary alicyclic amines) is 1. The Balaban J connectivity index is 1.27. The van der Waals surface area contributed by atoms with E-state index >= 15 is 0 Å². The Labute approximate surface area is 248 Å². The van der Waals surface area contributed by atoms with E-state index in [1.807, 2.05) is 41.3 Å². The van der Waals surface area contributed by atoms with Crippen molar-refractivity contribution in [3.8, 4) is 5.75 Å². The number of benzene rings is 3. The van der Waals surface area contributed by atoms with Crippen molar-refractivity contribution < 1.29 is 23.9 Å². The third-order valence-electron chi connectivity index (χ3n) is 7.65. The van der Waals surface area contributed by atoms with Crippen LogP contribution in [0, 0.1) is 5.92 Å². The normalized spacial score (nSPS) is 14.1. The molecule has 3 aromatic rings. The van der Waals surface area contributed by atoms with Crippen LogP contribution < -0.4 is 15.4 Å². The molecule has 8 nitrogen and oxygen atoms in total. The van der Waals surface area contributed by atoms with E-state index in [4.69, 9.17) is 9.47 Å². The maximum absolute atomic E-state index is 13.6. The van der Waals surface area contributed by atoms with E-state index in [1.165, 1.54) is 5.56 Å². The van der Waals surface area contributed by atoms with Crippen molar-refractivity contribution >= 4 is 17.9 Å². The van der Waals surface area contributed by atoms with E-state index in [9.17, 15) is 14.4 Å². The highest BCUT2D eigenvalue weighted by Gasteiger charge is 2.29. The van der Waals surface area contributed by atoms with Crippen molar-refractivity contribution in [2.45, 2.75) is 51.2 Å². The van der Waals surface area contributed by atoms with Gasteiger partial charge in [-0.05, 0) is 79.8 Å². The number of piperidine rings is 1. The summed E-state index contributed by atoms with van der Waals surface area (Å²) in [4.78, 5) is 40.6. The molecule has 1 fully saturated rings. The zero-order chi connectivity index (χ0) is 29.6. The second kappa shape index (κ2) is 16.2. The number of methoxy groups -OCH3 is 1. The number of ether oxygens (including phenoxy) is 2. The summed E-state index contributed by atoms with van der Waals surface area (Å²) in [6.07, 6.45) is 4.06. The first-order chi connectivity index (χ1) is 20.5. The van der Waals surface area contributed by atoms with Gasteiger partial charge in [0.15, 0.2) is 0 Å². The number of hydrogen-bond donors (Lipinski definition) is 2. The van der Waals surface area contributed by atoms with Gasteiger partial charge in [0.2, 0.25) is 5.91 Å². The van der Waals surface area contributed by atoms with Gasteiger partial charge < -0.3 is 25.0 Å². The van der Waals surface area contributed by atoms with Crippen LogP contribution in [0.1, 0.15) is 53.6 Å². The number of rotatable bonds is 13. The average molecular weight is 572 g/mol. The van der Waals surface area contributed by atoms with Gasteiger partial charge in [-0.15, -0.1) is 0 Å². The Bertz CT molecular complexity index is 1260. The van der Waals surface area contributed by atoms with Crippen LogP contribution in [0.2, 0.25) is 0 Å².